The van der Waals surface area contributed by atoms with Crippen LogP contribution in [0.3, 0.4) is 0 Å². The van der Waals surface area contributed by atoms with Crippen molar-refractivity contribution in [3.05, 3.63) is 76.9 Å². The zero-order chi connectivity index (χ0) is 28.3. The molecule has 11 heteroatoms. The Morgan fingerprint density at radius 1 is 1.03 bits per heavy atom. The highest BCUT2D eigenvalue weighted by Gasteiger charge is 2.34. The number of methoxy groups -OCH3 is 3. The van der Waals surface area contributed by atoms with E-state index in [-0.39, 0.29) is 17.7 Å². The molecule has 2 heterocycles. The van der Waals surface area contributed by atoms with Crippen molar-refractivity contribution in [2.45, 2.75) is 26.8 Å². The van der Waals surface area contributed by atoms with E-state index >= 15 is 0 Å². The van der Waals surface area contributed by atoms with Gasteiger partial charge in [0.2, 0.25) is 0 Å². The van der Waals surface area contributed by atoms with E-state index in [1.54, 1.807) is 58.4 Å². The van der Waals surface area contributed by atoms with Crippen LogP contribution in [0.25, 0.3) is 6.08 Å². The van der Waals surface area contributed by atoms with Crippen LogP contribution in [0.5, 0.6) is 23.0 Å². The van der Waals surface area contributed by atoms with Crippen LogP contribution in [0.15, 0.2) is 55.9 Å². The lowest BCUT2D eigenvalue weighted by atomic mass is 9.95. The van der Waals surface area contributed by atoms with Crippen molar-refractivity contribution in [3.63, 3.8) is 0 Å². The molecule has 0 bridgehead atoms. The van der Waals surface area contributed by atoms with Gasteiger partial charge in [0.25, 0.3) is 5.56 Å². The number of thiazole rings is 1. The Balaban J connectivity index is 1.96. The average Bonchev–Trinajstić information content (AvgIpc) is 3.23. The second-order valence-electron chi connectivity index (χ2n) is 8.37. The number of hydrogen-bond acceptors (Lipinski definition) is 9. The number of carbonyl (C=O) groups excluding carboxylic acids is 1. The fourth-order valence-corrected chi connectivity index (χ4v) is 5.83. The lowest BCUT2D eigenvalue weighted by Gasteiger charge is -2.25. The van der Waals surface area contributed by atoms with Gasteiger partial charge in [-0.05, 0) is 62.2 Å². The topological polar surface area (TPSA) is 97.6 Å². The first kappa shape index (κ1) is 28.4. The van der Waals surface area contributed by atoms with E-state index in [4.69, 9.17) is 23.7 Å². The number of ether oxygens (including phenoxy) is 5. The molecule has 39 heavy (non-hydrogen) atoms. The molecule has 0 unspecified atom stereocenters. The fourth-order valence-electron chi connectivity index (χ4n) is 4.36. The van der Waals surface area contributed by atoms with Gasteiger partial charge >= 0.3 is 5.97 Å². The molecule has 0 aliphatic carbocycles. The number of fused-ring (bicyclic) bond motifs is 1. The standard InChI is InChI=1S/C28H29BrN2O7S/c1-7-37-22-12-17(18(29)14-21(22)36-6)13-23-26(32)31-25(16-9-10-19(34-4)20(11-16)35-5)24(27(33)38-8-2)15(3)30-28(31)39-23/h9-14,25H,7-8H2,1-6H3/b23-13+/t25-/m0/s1. The minimum atomic E-state index is -0.777. The zero-order valence-corrected chi connectivity index (χ0v) is 24.9. The predicted octanol–water partition coefficient (Wildman–Crippen LogP) is 3.99. The Hall–Kier alpha value is -3.57. The molecular formula is C28H29BrN2O7S. The van der Waals surface area contributed by atoms with Gasteiger partial charge in [0.1, 0.15) is 0 Å². The molecule has 9 nitrogen and oxygen atoms in total. The number of allylic oxidation sites excluding steroid dienone is 1. The van der Waals surface area contributed by atoms with Crippen LogP contribution >= 0.6 is 27.3 Å². The van der Waals surface area contributed by atoms with E-state index in [1.165, 1.54) is 23.0 Å². The van der Waals surface area contributed by atoms with Crippen molar-refractivity contribution in [1.29, 1.82) is 0 Å². The summed E-state index contributed by atoms with van der Waals surface area (Å²) >= 11 is 4.81. The molecular weight excluding hydrogens is 588 g/mol. The van der Waals surface area contributed by atoms with Gasteiger partial charge < -0.3 is 23.7 Å². The highest BCUT2D eigenvalue weighted by Crippen LogP contribution is 2.36. The maximum Gasteiger partial charge on any atom is 0.338 e. The maximum atomic E-state index is 13.9. The van der Waals surface area contributed by atoms with Crippen molar-refractivity contribution in [1.82, 2.24) is 4.57 Å². The van der Waals surface area contributed by atoms with E-state index < -0.39 is 12.0 Å². The molecule has 1 aliphatic heterocycles. The molecule has 0 fully saturated rings. The first-order valence-corrected chi connectivity index (χ1v) is 13.8. The van der Waals surface area contributed by atoms with Gasteiger partial charge in [-0.15, -0.1) is 0 Å². The zero-order valence-electron chi connectivity index (χ0n) is 22.5. The van der Waals surface area contributed by atoms with Gasteiger partial charge in [0.05, 0.1) is 56.4 Å². The third-order valence-corrected chi connectivity index (χ3v) is 7.78. The summed E-state index contributed by atoms with van der Waals surface area (Å²) in [7, 11) is 4.65. The van der Waals surface area contributed by atoms with Crippen molar-refractivity contribution < 1.29 is 28.5 Å². The van der Waals surface area contributed by atoms with E-state index in [0.717, 1.165) is 10.0 Å². The third kappa shape index (κ3) is 5.46. The molecule has 1 aromatic heterocycles. The van der Waals surface area contributed by atoms with Crippen molar-refractivity contribution in [3.8, 4) is 23.0 Å². The van der Waals surface area contributed by atoms with Crippen LogP contribution in [0.1, 0.15) is 37.9 Å². The highest BCUT2D eigenvalue weighted by atomic mass is 79.9. The quantitative estimate of drug-likeness (QED) is 0.335. The molecule has 0 amide bonds. The highest BCUT2D eigenvalue weighted by molar-refractivity contribution is 9.10. The van der Waals surface area contributed by atoms with E-state index in [1.807, 2.05) is 13.0 Å². The number of carbonyl (C=O) groups is 1. The van der Waals surface area contributed by atoms with Gasteiger partial charge in [0.15, 0.2) is 27.8 Å². The summed E-state index contributed by atoms with van der Waals surface area (Å²) in [6.07, 6.45) is 1.77. The van der Waals surface area contributed by atoms with Gasteiger partial charge in [-0.3, -0.25) is 9.36 Å². The Kier molecular flexibility index (Phi) is 8.81. The van der Waals surface area contributed by atoms with E-state index in [0.29, 0.717) is 50.2 Å². The summed E-state index contributed by atoms with van der Waals surface area (Å²) in [6, 6.07) is 8.13. The van der Waals surface area contributed by atoms with Crippen molar-refractivity contribution in [2.24, 2.45) is 4.99 Å². The second kappa shape index (κ2) is 12.1. The SMILES string of the molecule is CCOC(=O)C1=C(C)N=c2s/c(=C/c3cc(OCC)c(OC)cc3Br)c(=O)n2[C@H]1c1ccc(OC)c(OC)c1. The van der Waals surface area contributed by atoms with Crippen molar-refractivity contribution in [2.75, 3.05) is 34.5 Å². The second-order valence-corrected chi connectivity index (χ2v) is 10.2. The fraction of sp³-hybridized carbons (Fsp3) is 0.321. The Labute approximate surface area is 238 Å². The Bertz CT molecular complexity index is 1620. The normalized spacial score (nSPS) is 14.9. The first-order chi connectivity index (χ1) is 18.8. The molecule has 206 valence electrons. The first-order valence-electron chi connectivity index (χ1n) is 12.2. The number of aromatic nitrogens is 1. The summed E-state index contributed by atoms with van der Waals surface area (Å²) in [4.78, 5) is 32.2. The van der Waals surface area contributed by atoms with Gasteiger partial charge in [-0.1, -0.05) is 33.3 Å². The van der Waals surface area contributed by atoms with Crippen LogP contribution < -0.4 is 33.8 Å². The maximum absolute atomic E-state index is 13.9. The predicted molar refractivity (Wildman–Crippen MR) is 152 cm³/mol. The van der Waals surface area contributed by atoms with Crippen LogP contribution in [0.4, 0.5) is 0 Å². The number of benzene rings is 2. The van der Waals surface area contributed by atoms with Crippen LogP contribution in [-0.4, -0.2) is 45.1 Å². The minimum Gasteiger partial charge on any atom is -0.493 e. The third-order valence-electron chi connectivity index (χ3n) is 6.11. The summed E-state index contributed by atoms with van der Waals surface area (Å²) in [5.74, 6) is 1.60. The molecule has 1 aliphatic rings. The molecule has 2 aromatic carbocycles. The van der Waals surface area contributed by atoms with Gasteiger partial charge in [-0.2, -0.15) is 0 Å². The number of hydrogen-bond donors (Lipinski definition) is 0. The van der Waals surface area contributed by atoms with E-state index in [9.17, 15) is 9.59 Å². The summed E-state index contributed by atoms with van der Waals surface area (Å²) in [6.45, 7) is 6.01. The minimum absolute atomic E-state index is 0.187. The smallest absolute Gasteiger partial charge is 0.338 e. The summed E-state index contributed by atoms with van der Waals surface area (Å²) < 4.78 is 30.1. The van der Waals surface area contributed by atoms with Gasteiger partial charge in [-0.25, -0.2) is 9.79 Å². The number of nitrogens with zero attached hydrogens (tertiary/aromatic N) is 2. The summed E-state index contributed by atoms with van der Waals surface area (Å²) in [5, 5.41) is 0. The van der Waals surface area contributed by atoms with E-state index in [2.05, 4.69) is 20.9 Å². The summed E-state index contributed by atoms with van der Waals surface area (Å²) in [5.41, 5.74) is 1.85. The van der Waals surface area contributed by atoms with Crippen LogP contribution in [0.2, 0.25) is 0 Å². The molecule has 0 radical (unpaired) electrons. The van der Waals surface area contributed by atoms with Crippen LogP contribution in [-0.2, 0) is 9.53 Å². The van der Waals surface area contributed by atoms with Crippen LogP contribution in [0, 0.1) is 0 Å². The Morgan fingerprint density at radius 2 is 1.72 bits per heavy atom. The monoisotopic (exact) mass is 616 g/mol. The Morgan fingerprint density at radius 3 is 2.36 bits per heavy atom. The molecule has 0 spiro atoms. The molecule has 3 aromatic rings. The number of esters is 1. The number of rotatable bonds is 9. The molecule has 0 N–H and O–H groups in total. The molecule has 0 saturated heterocycles. The largest absolute Gasteiger partial charge is 0.493 e. The lowest BCUT2D eigenvalue weighted by molar-refractivity contribution is -0.139. The molecule has 0 saturated carbocycles. The molecule has 4 rings (SSSR count). The lowest BCUT2D eigenvalue weighted by Crippen LogP contribution is -2.40. The van der Waals surface area contributed by atoms with Gasteiger partial charge in [0, 0.05) is 4.47 Å². The molecule has 1 atom stereocenters. The average molecular weight is 618 g/mol. The van der Waals surface area contributed by atoms with Crippen molar-refractivity contribution >= 4 is 39.3 Å². The number of halogens is 1.